The molecule has 1 saturated carbocycles. The van der Waals surface area contributed by atoms with Gasteiger partial charge in [0.25, 0.3) is 0 Å². The third kappa shape index (κ3) is 6.30. The van der Waals surface area contributed by atoms with Gasteiger partial charge in [-0.25, -0.2) is 0 Å². The van der Waals surface area contributed by atoms with Gasteiger partial charge in [0.1, 0.15) is 17.3 Å². The summed E-state index contributed by atoms with van der Waals surface area (Å²) in [7, 11) is 0.765. The second-order valence-electron chi connectivity index (χ2n) is 4.46. The van der Waals surface area contributed by atoms with Gasteiger partial charge in [0.2, 0.25) is 0 Å². The molecule has 0 spiro atoms. The van der Waals surface area contributed by atoms with E-state index in [0.29, 0.717) is 12.9 Å². The summed E-state index contributed by atoms with van der Waals surface area (Å²) in [6.45, 7) is 3.66. The standard InChI is InChI=1S/C11H25NO2Si/c1-10(13-9-14-15)7-8-12-11-5-3-2-4-6-11/h10-12H,2-9H2,1,15H3. The van der Waals surface area contributed by atoms with Gasteiger partial charge in [0.15, 0.2) is 0 Å². The van der Waals surface area contributed by atoms with Crippen LogP contribution in [0.3, 0.4) is 0 Å². The normalized spacial score (nSPS) is 20.6. The van der Waals surface area contributed by atoms with Crippen molar-refractivity contribution in [2.24, 2.45) is 0 Å². The fourth-order valence-corrected chi connectivity index (χ4v) is 2.20. The first-order chi connectivity index (χ1) is 7.33. The van der Waals surface area contributed by atoms with Crippen molar-refractivity contribution in [3.05, 3.63) is 0 Å². The molecular formula is C11H25NO2Si. The van der Waals surface area contributed by atoms with Crippen LogP contribution in [0.25, 0.3) is 0 Å². The second-order valence-corrected chi connectivity index (χ2v) is 5.04. The summed E-state index contributed by atoms with van der Waals surface area (Å²) in [5, 5.41) is 3.62. The Morgan fingerprint density at radius 1 is 1.33 bits per heavy atom. The quantitative estimate of drug-likeness (QED) is 0.523. The van der Waals surface area contributed by atoms with Crippen LogP contribution in [-0.4, -0.2) is 36.0 Å². The van der Waals surface area contributed by atoms with Crippen molar-refractivity contribution in [1.29, 1.82) is 0 Å². The van der Waals surface area contributed by atoms with E-state index in [9.17, 15) is 0 Å². The highest BCUT2D eigenvalue weighted by Crippen LogP contribution is 2.17. The lowest BCUT2D eigenvalue weighted by Crippen LogP contribution is -2.33. The molecule has 0 saturated heterocycles. The summed E-state index contributed by atoms with van der Waals surface area (Å²) in [5.41, 5.74) is 0. The van der Waals surface area contributed by atoms with Crippen molar-refractivity contribution in [3.8, 4) is 0 Å². The fraction of sp³-hybridized carbons (Fsp3) is 1.00. The Morgan fingerprint density at radius 3 is 2.73 bits per heavy atom. The molecule has 0 aromatic heterocycles. The Labute approximate surface area is 96.5 Å². The van der Waals surface area contributed by atoms with E-state index in [1.165, 1.54) is 32.1 Å². The first kappa shape index (κ1) is 13.2. The maximum atomic E-state index is 5.45. The lowest BCUT2D eigenvalue weighted by atomic mass is 9.95. The van der Waals surface area contributed by atoms with E-state index < -0.39 is 0 Å². The molecular weight excluding hydrogens is 206 g/mol. The Kier molecular flexibility index (Phi) is 7.26. The minimum atomic E-state index is 0.315. The van der Waals surface area contributed by atoms with Crippen LogP contribution < -0.4 is 5.32 Å². The molecule has 0 aromatic rings. The molecule has 1 unspecified atom stereocenters. The maximum Gasteiger partial charge on any atom is 0.149 e. The zero-order chi connectivity index (χ0) is 10.9. The Balaban J connectivity index is 1.94. The molecule has 1 fully saturated rings. The van der Waals surface area contributed by atoms with Gasteiger partial charge in [-0.2, -0.15) is 0 Å². The summed E-state index contributed by atoms with van der Waals surface area (Å²) in [6.07, 6.45) is 8.35. The zero-order valence-electron chi connectivity index (χ0n) is 10.1. The van der Waals surface area contributed by atoms with E-state index in [1.807, 2.05) is 0 Å². The third-order valence-electron chi connectivity index (χ3n) is 3.06. The average molecular weight is 231 g/mol. The molecule has 1 aliphatic rings. The lowest BCUT2D eigenvalue weighted by Gasteiger charge is -2.23. The Bertz CT molecular complexity index is 152. The first-order valence-electron chi connectivity index (χ1n) is 6.17. The number of hydrogen-bond acceptors (Lipinski definition) is 3. The van der Waals surface area contributed by atoms with Crippen LogP contribution in [0.4, 0.5) is 0 Å². The summed E-state index contributed by atoms with van der Waals surface area (Å²) >= 11 is 0. The largest absolute Gasteiger partial charge is 0.406 e. The maximum absolute atomic E-state index is 5.45. The van der Waals surface area contributed by atoms with E-state index in [-0.39, 0.29) is 0 Å². The van der Waals surface area contributed by atoms with E-state index in [1.54, 1.807) is 0 Å². The van der Waals surface area contributed by atoms with Gasteiger partial charge >= 0.3 is 0 Å². The number of nitrogens with one attached hydrogen (secondary N) is 1. The smallest absolute Gasteiger partial charge is 0.149 e. The SMILES string of the molecule is CC(CCNC1CCCCC1)OCO[SiH3]. The van der Waals surface area contributed by atoms with E-state index in [2.05, 4.69) is 12.2 Å². The third-order valence-corrected chi connectivity index (χ3v) is 3.30. The molecule has 90 valence electrons. The van der Waals surface area contributed by atoms with Gasteiger partial charge in [0.05, 0.1) is 6.10 Å². The van der Waals surface area contributed by atoms with E-state index in [4.69, 9.17) is 9.16 Å². The molecule has 0 aliphatic heterocycles. The highest BCUT2D eigenvalue weighted by atomic mass is 28.2. The molecule has 3 nitrogen and oxygen atoms in total. The molecule has 0 aromatic carbocycles. The van der Waals surface area contributed by atoms with Crippen molar-refractivity contribution in [3.63, 3.8) is 0 Å². The first-order valence-corrected chi connectivity index (χ1v) is 6.98. The van der Waals surface area contributed by atoms with Gasteiger partial charge in [-0.05, 0) is 32.7 Å². The van der Waals surface area contributed by atoms with Crippen LogP contribution >= 0.6 is 0 Å². The predicted molar refractivity (Wildman–Crippen MR) is 65.9 cm³/mol. The van der Waals surface area contributed by atoms with Crippen LogP contribution in [0.2, 0.25) is 0 Å². The van der Waals surface area contributed by atoms with Crippen LogP contribution in [0, 0.1) is 0 Å². The second kappa shape index (κ2) is 8.27. The number of rotatable bonds is 7. The average Bonchev–Trinajstić information content (AvgIpc) is 2.28. The Morgan fingerprint density at radius 2 is 2.07 bits per heavy atom. The van der Waals surface area contributed by atoms with Gasteiger partial charge in [0, 0.05) is 6.04 Å². The van der Waals surface area contributed by atoms with Crippen LogP contribution in [0.15, 0.2) is 0 Å². The molecule has 0 bridgehead atoms. The van der Waals surface area contributed by atoms with Gasteiger partial charge in [-0.1, -0.05) is 19.3 Å². The monoisotopic (exact) mass is 231 g/mol. The Hall–Kier alpha value is 0.0969. The summed E-state index contributed by atoms with van der Waals surface area (Å²) in [5.74, 6) is 0. The molecule has 1 atom stereocenters. The van der Waals surface area contributed by atoms with Gasteiger partial charge in [-0.15, -0.1) is 0 Å². The van der Waals surface area contributed by atoms with Crippen molar-refractivity contribution in [2.45, 2.75) is 57.6 Å². The van der Waals surface area contributed by atoms with Crippen molar-refractivity contribution >= 4 is 10.5 Å². The topological polar surface area (TPSA) is 30.5 Å². The summed E-state index contributed by atoms with van der Waals surface area (Å²) in [4.78, 5) is 0. The molecule has 15 heavy (non-hydrogen) atoms. The molecule has 1 rings (SSSR count). The minimum absolute atomic E-state index is 0.315. The predicted octanol–water partition coefficient (Wildman–Crippen LogP) is 0.958. The number of hydrogen-bond donors (Lipinski definition) is 1. The minimum Gasteiger partial charge on any atom is -0.406 e. The summed E-state index contributed by atoms with van der Waals surface area (Å²) < 4.78 is 10.5. The van der Waals surface area contributed by atoms with Crippen molar-refractivity contribution < 1.29 is 9.16 Å². The number of ether oxygens (including phenoxy) is 1. The van der Waals surface area contributed by atoms with Crippen LogP contribution in [0.5, 0.6) is 0 Å². The highest BCUT2D eigenvalue weighted by molar-refractivity contribution is 5.97. The summed E-state index contributed by atoms with van der Waals surface area (Å²) in [6, 6.07) is 0.765. The molecule has 1 aliphatic carbocycles. The van der Waals surface area contributed by atoms with E-state index >= 15 is 0 Å². The van der Waals surface area contributed by atoms with E-state index in [0.717, 1.165) is 29.5 Å². The van der Waals surface area contributed by atoms with Crippen LogP contribution in [-0.2, 0) is 9.16 Å². The van der Waals surface area contributed by atoms with Crippen LogP contribution in [0.1, 0.15) is 45.4 Å². The molecule has 0 amide bonds. The highest BCUT2D eigenvalue weighted by Gasteiger charge is 2.12. The van der Waals surface area contributed by atoms with Crippen molar-refractivity contribution in [1.82, 2.24) is 5.32 Å². The van der Waals surface area contributed by atoms with Gasteiger partial charge < -0.3 is 14.5 Å². The molecule has 0 radical (unpaired) electrons. The molecule has 1 N–H and O–H groups in total. The fourth-order valence-electron chi connectivity index (χ4n) is 2.06. The van der Waals surface area contributed by atoms with Gasteiger partial charge in [-0.3, -0.25) is 0 Å². The molecule has 4 heteroatoms. The van der Waals surface area contributed by atoms with Crippen molar-refractivity contribution in [2.75, 3.05) is 13.3 Å². The molecule has 0 heterocycles. The zero-order valence-corrected chi connectivity index (χ0v) is 12.1. The lowest BCUT2D eigenvalue weighted by molar-refractivity contribution is -0.0275.